The molecule has 0 saturated heterocycles. The summed E-state index contributed by atoms with van der Waals surface area (Å²) < 4.78 is 38.1. The Bertz CT molecular complexity index is 472. The summed E-state index contributed by atoms with van der Waals surface area (Å²) >= 11 is 0. The van der Waals surface area contributed by atoms with Gasteiger partial charge < -0.3 is 4.57 Å². The number of aryl methyl sites for hydroxylation is 1. The fraction of sp³-hybridized carbons (Fsp3) is 0.250. The van der Waals surface area contributed by atoms with Crippen LogP contribution < -0.4 is 0 Å². The largest absolute Gasteiger partial charge is 0.449 e. The molecule has 0 aliphatic rings. The smallest absolute Gasteiger partial charge is 0.308 e. The molecule has 2 heterocycles. The van der Waals surface area contributed by atoms with Crippen LogP contribution in [-0.4, -0.2) is 14.5 Å². The molecule has 3 nitrogen and oxygen atoms in total. The number of imidazole rings is 1. The predicted molar refractivity (Wildman–Crippen MR) is 43.5 cm³/mol. The van der Waals surface area contributed by atoms with Gasteiger partial charge in [-0.05, 0) is 12.1 Å². The van der Waals surface area contributed by atoms with E-state index in [1.807, 2.05) is 0 Å². The van der Waals surface area contributed by atoms with Crippen LogP contribution in [0.2, 0.25) is 0 Å². The third-order valence-corrected chi connectivity index (χ3v) is 1.88. The number of aromatic nitrogens is 3. The summed E-state index contributed by atoms with van der Waals surface area (Å²) in [6, 6.07) is 3.05. The van der Waals surface area contributed by atoms with Crippen LogP contribution in [0.1, 0.15) is 5.82 Å². The number of alkyl halides is 3. The maximum absolute atomic E-state index is 12.4. The molecular weight excluding hydrogens is 195 g/mol. The highest BCUT2D eigenvalue weighted by atomic mass is 19.4. The number of halogens is 3. The van der Waals surface area contributed by atoms with E-state index in [-0.39, 0.29) is 11.2 Å². The van der Waals surface area contributed by atoms with Crippen LogP contribution in [0.5, 0.6) is 0 Å². The molecule has 0 N–H and O–H groups in total. The SMILES string of the molecule is Cn1c(C(F)(F)F)nc2cccnc21. The molecule has 74 valence electrons. The van der Waals surface area contributed by atoms with E-state index in [0.29, 0.717) is 0 Å². The first-order valence-corrected chi connectivity index (χ1v) is 3.85. The average Bonchev–Trinajstić information content (AvgIpc) is 2.44. The Morgan fingerprint density at radius 1 is 1.36 bits per heavy atom. The molecule has 0 amide bonds. The molecule has 0 saturated carbocycles. The molecule has 0 atom stereocenters. The number of nitrogens with zero attached hydrogens (tertiary/aromatic N) is 3. The number of hydrogen-bond donors (Lipinski definition) is 0. The Morgan fingerprint density at radius 3 is 2.64 bits per heavy atom. The third-order valence-electron chi connectivity index (χ3n) is 1.88. The lowest BCUT2D eigenvalue weighted by atomic mass is 10.4. The minimum atomic E-state index is -4.44. The highest BCUT2D eigenvalue weighted by molar-refractivity contribution is 5.71. The maximum Gasteiger partial charge on any atom is 0.449 e. The molecule has 6 heteroatoms. The van der Waals surface area contributed by atoms with E-state index in [2.05, 4.69) is 9.97 Å². The van der Waals surface area contributed by atoms with Crippen molar-refractivity contribution in [1.29, 1.82) is 0 Å². The molecule has 0 bridgehead atoms. The Kier molecular flexibility index (Phi) is 1.73. The van der Waals surface area contributed by atoms with Crippen LogP contribution in [-0.2, 0) is 13.2 Å². The monoisotopic (exact) mass is 201 g/mol. The van der Waals surface area contributed by atoms with Crippen molar-refractivity contribution in [3.8, 4) is 0 Å². The van der Waals surface area contributed by atoms with E-state index in [1.165, 1.54) is 19.3 Å². The van der Waals surface area contributed by atoms with Crippen molar-refractivity contribution in [2.45, 2.75) is 6.18 Å². The first kappa shape index (κ1) is 8.98. The molecule has 0 aliphatic carbocycles. The molecule has 0 aliphatic heterocycles. The zero-order chi connectivity index (χ0) is 10.3. The van der Waals surface area contributed by atoms with Gasteiger partial charge in [0.25, 0.3) is 0 Å². The van der Waals surface area contributed by atoms with E-state index >= 15 is 0 Å². The first-order valence-electron chi connectivity index (χ1n) is 3.85. The highest BCUT2D eigenvalue weighted by Crippen LogP contribution is 2.29. The topological polar surface area (TPSA) is 30.7 Å². The zero-order valence-electron chi connectivity index (χ0n) is 7.21. The van der Waals surface area contributed by atoms with Crippen molar-refractivity contribution >= 4 is 11.2 Å². The Morgan fingerprint density at radius 2 is 2.07 bits per heavy atom. The van der Waals surface area contributed by atoms with Gasteiger partial charge in [-0.15, -0.1) is 0 Å². The molecular formula is C8H6F3N3. The second-order valence-corrected chi connectivity index (χ2v) is 2.84. The summed E-state index contributed by atoms with van der Waals surface area (Å²) in [5.74, 6) is -0.925. The molecule has 0 unspecified atom stereocenters. The summed E-state index contributed by atoms with van der Waals surface area (Å²) in [6.45, 7) is 0. The standard InChI is InChI=1S/C8H6F3N3/c1-14-6-5(3-2-4-12-6)13-7(14)8(9,10)11/h2-4H,1H3. The first-order chi connectivity index (χ1) is 6.50. The lowest BCUT2D eigenvalue weighted by Crippen LogP contribution is -2.12. The number of hydrogen-bond acceptors (Lipinski definition) is 2. The Balaban J connectivity index is 2.75. The van der Waals surface area contributed by atoms with Crippen LogP contribution in [0.15, 0.2) is 18.3 Å². The van der Waals surface area contributed by atoms with Gasteiger partial charge >= 0.3 is 6.18 Å². The Hall–Kier alpha value is -1.59. The van der Waals surface area contributed by atoms with Gasteiger partial charge in [0.15, 0.2) is 5.65 Å². The van der Waals surface area contributed by atoms with Gasteiger partial charge in [-0.1, -0.05) is 0 Å². The van der Waals surface area contributed by atoms with Gasteiger partial charge in [0.1, 0.15) is 5.52 Å². The summed E-state index contributed by atoms with van der Waals surface area (Å²) in [5, 5.41) is 0. The van der Waals surface area contributed by atoms with Crippen molar-refractivity contribution in [2.75, 3.05) is 0 Å². The Labute approximate surface area is 77.2 Å². The van der Waals surface area contributed by atoms with E-state index in [1.54, 1.807) is 6.07 Å². The molecule has 2 aromatic heterocycles. The third kappa shape index (κ3) is 1.23. The van der Waals surface area contributed by atoms with Crippen molar-refractivity contribution in [1.82, 2.24) is 14.5 Å². The fourth-order valence-electron chi connectivity index (χ4n) is 1.28. The van der Waals surface area contributed by atoms with Gasteiger partial charge in [-0.25, -0.2) is 9.97 Å². The molecule has 2 rings (SSSR count). The lowest BCUT2D eigenvalue weighted by Gasteiger charge is -2.04. The van der Waals surface area contributed by atoms with Gasteiger partial charge in [-0.2, -0.15) is 13.2 Å². The molecule has 2 aromatic rings. The van der Waals surface area contributed by atoms with Gasteiger partial charge in [0, 0.05) is 13.2 Å². The number of pyridine rings is 1. The summed E-state index contributed by atoms with van der Waals surface area (Å²) in [4.78, 5) is 7.27. The minimum Gasteiger partial charge on any atom is -0.308 e. The quantitative estimate of drug-likeness (QED) is 0.652. The molecule has 0 radical (unpaired) electrons. The van der Waals surface area contributed by atoms with E-state index in [4.69, 9.17) is 0 Å². The van der Waals surface area contributed by atoms with E-state index in [9.17, 15) is 13.2 Å². The highest BCUT2D eigenvalue weighted by Gasteiger charge is 2.36. The fourth-order valence-corrected chi connectivity index (χ4v) is 1.28. The van der Waals surface area contributed by atoms with Crippen LogP contribution >= 0.6 is 0 Å². The summed E-state index contributed by atoms with van der Waals surface area (Å²) in [5.41, 5.74) is 0.488. The minimum absolute atomic E-state index is 0.236. The average molecular weight is 201 g/mol. The van der Waals surface area contributed by atoms with Crippen molar-refractivity contribution < 1.29 is 13.2 Å². The van der Waals surface area contributed by atoms with Gasteiger partial charge in [0.05, 0.1) is 0 Å². The van der Waals surface area contributed by atoms with Crippen LogP contribution in [0.25, 0.3) is 11.2 Å². The van der Waals surface area contributed by atoms with Crippen LogP contribution in [0, 0.1) is 0 Å². The molecule has 0 spiro atoms. The van der Waals surface area contributed by atoms with Gasteiger partial charge in [-0.3, -0.25) is 0 Å². The second-order valence-electron chi connectivity index (χ2n) is 2.84. The van der Waals surface area contributed by atoms with Crippen LogP contribution in [0.4, 0.5) is 13.2 Å². The molecule has 14 heavy (non-hydrogen) atoms. The molecule has 0 fully saturated rings. The lowest BCUT2D eigenvalue weighted by molar-refractivity contribution is -0.146. The van der Waals surface area contributed by atoms with E-state index < -0.39 is 12.0 Å². The zero-order valence-corrected chi connectivity index (χ0v) is 7.21. The molecule has 0 aromatic carbocycles. The van der Waals surface area contributed by atoms with Crippen molar-refractivity contribution in [2.24, 2.45) is 7.05 Å². The number of fused-ring (bicyclic) bond motifs is 1. The van der Waals surface area contributed by atoms with Gasteiger partial charge in [0.2, 0.25) is 5.82 Å². The van der Waals surface area contributed by atoms with Crippen LogP contribution in [0.3, 0.4) is 0 Å². The number of rotatable bonds is 0. The summed E-state index contributed by atoms with van der Waals surface area (Å²) in [6.07, 6.45) is -3.00. The second kappa shape index (κ2) is 2.70. The van der Waals surface area contributed by atoms with Crippen molar-refractivity contribution in [3.05, 3.63) is 24.2 Å². The maximum atomic E-state index is 12.4. The summed E-state index contributed by atoms with van der Waals surface area (Å²) in [7, 11) is 1.30. The predicted octanol–water partition coefficient (Wildman–Crippen LogP) is 1.99. The van der Waals surface area contributed by atoms with Crippen molar-refractivity contribution in [3.63, 3.8) is 0 Å². The normalized spacial score (nSPS) is 12.3. The van der Waals surface area contributed by atoms with E-state index in [0.717, 1.165) is 4.57 Å².